The molecular weight excluding hydrogens is 823 g/mol. The van der Waals surface area contributed by atoms with Crippen LogP contribution in [-0.4, -0.2) is 110 Å². The minimum Gasteiger partial charge on any atom is -0.465 e. The number of morpholine rings is 1. The predicted octanol–water partition coefficient (Wildman–Crippen LogP) is 5.39. The highest BCUT2D eigenvalue weighted by Crippen LogP contribution is 2.36. The zero-order chi connectivity index (χ0) is 41.8. The van der Waals surface area contributed by atoms with Crippen molar-refractivity contribution in [3.63, 3.8) is 0 Å². The topological polar surface area (TPSA) is 157 Å². The molecule has 1 atom stereocenters. The fourth-order valence-electron chi connectivity index (χ4n) is 6.80. The van der Waals surface area contributed by atoms with Crippen LogP contribution in [-0.2, 0) is 36.8 Å². The van der Waals surface area contributed by atoms with Gasteiger partial charge in [0.25, 0.3) is 5.91 Å². The van der Waals surface area contributed by atoms with Gasteiger partial charge in [0, 0.05) is 38.3 Å². The third-order valence-electron chi connectivity index (χ3n) is 9.66. The number of benzene rings is 2. The summed E-state index contributed by atoms with van der Waals surface area (Å²) in [5, 5.41) is 2.96. The van der Waals surface area contributed by atoms with Gasteiger partial charge in [-0.3, -0.25) is 14.5 Å². The summed E-state index contributed by atoms with van der Waals surface area (Å²) >= 11 is 1.52. The predicted molar refractivity (Wildman–Crippen MR) is 197 cm³/mol. The van der Waals surface area contributed by atoms with Crippen molar-refractivity contribution in [1.82, 2.24) is 20.1 Å². The van der Waals surface area contributed by atoms with E-state index in [2.05, 4.69) is 19.9 Å². The quantitative estimate of drug-likeness (QED) is 0.0816. The summed E-state index contributed by atoms with van der Waals surface area (Å²) in [5.74, 6) is -6.44. The molecule has 0 radical (unpaired) electrons. The van der Waals surface area contributed by atoms with Crippen LogP contribution in [0.4, 0.5) is 26.3 Å². The van der Waals surface area contributed by atoms with Crippen LogP contribution in [0.1, 0.15) is 55.0 Å². The Morgan fingerprint density at radius 3 is 2.34 bits per heavy atom. The van der Waals surface area contributed by atoms with Crippen molar-refractivity contribution >= 4 is 56.7 Å². The smallest absolute Gasteiger partial charge is 0.465 e. The van der Waals surface area contributed by atoms with Gasteiger partial charge in [-0.1, -0.05) is 35.6 Å². The molecule has 13 nitrogen and oxygen atoms in total. The molecule has 0 saturated carbocycles. The Hall–Kier alpha value is -4.83. The molecule has 2 fully saturated rings. The van der Waals surface area contributed by atoms with Gasteiger partial charge in [-0.05, 0) is 61.2 Å². The molecule has 4 heterocycles. The standard InChI is InChI=1S/C37H36F6N4O9S2/c1-53-31(49)27-8-7-26(57-27)30(48)47-15-16-54-35(20-47)10-13-46(14-11-35)19-22-4-2-3-21(17-22)9-12-44-18-25(56-33(51)37(41,42)43)23-5-6-24(55-32(50)36(38,39)40)28-29(23)58-34(52)45-28/h2-8,17,25,44H,9-16,18-20H2,1H3,(H,45,52)/t25-/m0/s1. The van der Waals surface area contributed by atoms with Crippen molar-refractivity contribution in [2.45, 2.75) is 49.9 Å². The maximum Gasteiger partial charge on any atom is 0.491 e. The summed E-state index contributed by atoms with van der Waals surface area (Å²) in [6.07, 6.45) is -10.6. The first-order valence-electron chi connectivity index (χ1n) is 17.8. The third-order valence-corrected chi connectivity index (χ3v) is 11.6. The van der Waals surface area contributed by atoms with Gasteiger partial charge < -0.3 is 34.1 Å². The minimum atomic E-state index is -5.37. The summed E-state index contributed by atoms with van der Waals surface area (Å²) in [7, 11) is 1.29. The van der Waals surface area contributed by atoms with Crippen LogP contribution in [0.3, 0.4) is 0 Å². The number of fused-ring (bicyclic) bond motifs is 1. The second-order valence-corrected chi connectivity index (χ2v) is 15.7. The molecule has 312 valence electrons. The van der Waals surface area contributed by atoms with E-state index in [1.165, 1.54) is 7.11 Å². The molecule has 2 aliphatic rings. The largest absolute Gasteiger partial charge is 0.491 e. The summed E-state index contributed by atoms with van der Waals surface area (Å²) in [4.78, 5) is 66.9. The Morgan fingerprint density at radius 1 is 0.931 bits per heavy atom. The Balaban J connectivity index is 1.04. The number of alkyl halides is 6. The Bertz CT molecular complexity index is 2210. The minimum absolute atomic E-state index is 0.129. The van der Waals surface area contributed by atoms with Gasteiger partial charge in [-0.25, -0.2) is 14.4 Å². The van der Waals surface area contributed by atoms with E-state index >= 15 is 0 Å². The van der Waals surface area contributed by atoms with Crippen LogP contribution in [0.2, 0.25) is 0 Å². The van der Waals surface area contributed by atoms with Crippen molar-refractivity contribution in [3.05, 3.63) is 84.6 Å². The van der Waals surface area contributed by atoms with E-state index < -0.39 is 52.6 Å². The van der Waals surface area contributed by atoms with E-state index in [1.807, 2.05) is 24.3 Å². The highest BCUT2D eigenvalue weighted by atomic mass is 32.1. The molecule has 2 N–H and O–H groups in total. The Labute approximate surface area is 333 Å². The molecule has 0 bridgehead atoms. The zero-order valence-electron chi connectivity index (χ0n) is 30.6. The SMILES string of the molecule is COC(=O)c1ccc(C(=O)N2CCOC3(CCN(Cc4cccc(CCNC[C@H](OC(=O)C(F)(F)F)c5ccc(OC(=O)C(F)(F)F)c6[nH]c(=O)sc56)c4)CC3)C2)s1. The van der Waals surface area contributed by atoms with Crippen molar-refractivity contribution in [2.75, 3.05) is 53.0 Å². The van der Waals surface area contributed by atoms with Gasteiger partial charge in [0.15, 0.2) is 5.75 Å². The lowest BCUT2D eigenvalue weighted by Gasteiger charge is -2.47. The van der Waals surface area contributed by atoms with Gasteiger partial charge in [-0.15, -0.1) is 11.3 Å². The Morgan fingerprint density at radius 2 is 1.64 bits per heavy atom. The average Bonchev–Trinajstić information content (AvgIpc) is 3.84. The molecule has 58 heavy (non-hydrogen) atoms. The van der Waals surface area contributed by atoms with Crippen molar-refractivity contribution in [2.24, 2.45) is 0 Å². The van der Waals surface area contributed by atoms with Gasteiger partial charge >= 0.3 is 35.1 Å². The lowest BCUT2D eigenvalue weighted by molar-refractivity contribution is -0.205. The number of amides is 1. The number of likely N-dealkylation sites (tertiary alicyclic amines) is 1. The molecule has 1 spiro atoms. The zero-order valence-corrected chi connectivity index (χ0v) is 32.3. The number of carbonyl (C=O) groups is 4. The van der Waals surface area contributed by atoms with Crippen molar-refractivity contribution in [3.8, 4) is 5.75 Å². The third kappa shape index (κ3) is 10.2. The molecule has 21 heteroatoms. The number of hydrogen-bond donors (Lipinski definition) is 2. The number of carbonyl (C=O) groups excluding carboxylic acids is 4. The number of H-pyrrole nitrogens is 1. The monoisotopic (exact) mass is 858 g/mol. The number of ether oxygens (including phenoxy) is 4. The fraction of sp³-hybridized carbons (Fsp3) is 0.432. The molecule has 2 aliphatic heterocycles. The molecular formula is C37H36F6N4O9S2. The summed E-state index contributed by atoms with van der Waals surface area (Å²) in [5.41, 5.74) is 0.919. The van der Waals surface area contributed by atoms with E-state index in [1.54, 1.807) is 17.0 Å². The number of esters is 3. The first-order chi connectivity index (χ1) is 27.4. The van der Waals surface area contributed by atoms with E-state index in [-0.39, 0.29) is 34.8 Å². The van der Waals surface area contributed by atoms with Crippen molar-refractivity contribution in [1.29, 1.82) is 0 Å². The van der Waals surface area contributed by atoms with Crippen LogP contribution in [0, 0.1) is 0 Å². The molecule has 2 saturated heterocycles. The number of nitrogens with one attached hydrogen (secondary N) is 2. The number of hydrogen-bond acceptors (Lipinski definition) is 13. The normalized spacial score (nSPS) is 16.6. The number of piperidine rings is 1. The van der Waals surface area contributed by atoms with Gasteiger partial charge in [0.2, 0.25) is 0 Å². The van der Waals surface area contributed by atoms with Crippen LogP contribution in [0.25, 0.3) is 10.2 Å². The molecule has 0 unspecified atom stereocenters. The highest BCUT2D eigenvalue weighted by Gasteiger charge is 2.44. The maximum atomic E-state index is 13.3. The summed E-state index contributed by atoms with van der Waals surface area (Å²) in [6.45, 7) is 3.18. The molecule has 1 amide bonds. The Kier molecular flexibility index (Phi) is 13.0. The number of aromatic amines is 1. The van der Waals surface area contributed by atoms with E-state index in [4.69, 9.17) is 14.2 Å². The van der Waals surface area contributed by atoms with Gasteiger partial charge in [0.05, 0.1) is 35.4 Å². The van der Waals surface area contributed by atoms with E-state index in [0.717, 1.165) is 34.6 Å². The van der Waals surface area contributed by atoms with Crippen LogP contribution in [0.5, 0.6) is 5.75 Å². The first kappa shape index (κ1) is 42.8. The lowest BCUT2D eigenvalue weighted by Crippen LogP contribution is -2.57. The molecule has 6 rings (SSSR count). The number of rotatable bonds is 12. The second-order valence-electron chi connectivity index (χ2n) is 13.6. The fourth-order valence-corrected chi connectivity index (χ4v) is 8.60. The van der Waals surface area contributed by atoms with E-state index in [9.17, 15) is 50.3 Å². The van der Waals surface area contributed by atoms with Crippen molar-refractivity contribution < 1.29 is 64.5 Å². The van der Waals surface area contributed by atoms with Gasteiger partial charge in [0.1, 0.15) is 16.5 Å². The van der Waals surface area contributed by atoms with Crippen LogP contribution >= 0.6 is 22.7 Å². The number of thiophene rings is 1. The summed E-state index contributed by atoms with van der Waals surface area (Å²) in [6, 6.07) is 12.8. The molecule has 2 aromatic heterocycles. The number of thiazole rings is 1. The number of methoxy groups -OCH3 is 1. The second kappa shape index (κ2) is 17.6. The van der Waals surface area contributed by atoms with Gasteiger partial charge in [-0.2, -0.15) is 26.3 Å². The van der Waals surface area contributed by atoms with Crippen LogP contribution in [0.15, 0.2) is 53.3 Å². The number of halogens is 6. The number of aromatic nitrogens is 1. The molecule has 2 aromatic carbocycles. The number of nitrogens with zero attached hydrogens (tertiary/aromatic N) is 2. The lowest BCUT2D eigenvalue weighted by atomic mass is 9.89. The average molecular weight is 859 g/mol. The maximum absolute atomic E-state index is 13.3. The first-order valence-corrected chi connectivity index (χ1v) is 19.4. The van der Waals surface area contributed by atoms with Crippen LogP contribution < -0.4 is 14.9 Å². The summed E-state index contributed by atoms with van der Waals surface area (Å²) < 4.78 is 98.3. The molecule has 0 aliphatic carbocycles. The molecule has 4 aromatic rings. The highest BCUT2D eigenvalue weighted by molar-refractivity contribution is 7.16. The van der Waals surface area contributed by atoms with E-state index in [0.29, 0.717) is 79.7 Å².